The predicted molar refractivity (Wildman–Crippen MR) is 66.6 cm³/mol. The minimum absolute atomic E-state index is 0.0491. The SMILES string of the molecule is Cc1cnc(=O)n(CC(=O)c2ccc(C)s2)c1. The molecule has 0 saturated carbocycles. The quantitative estimate of drug-likeness (QED) is 0.778. The molecule has 2 rings (SSSR count). The molecule has 0 radical (unpaired) electrons. The number of Topliss-reactive ketones (excluding diaryl/α,β-unsaturated/α-hetero) is 1. The Morgan fingerprint density at radius 3 is 2.82 bits per heavy atom. The van der Waals surface area contributed by atoms with Crippen LogP contribution in [0.5, 0.6) is 0 Å². The molecule has 0 atom stereocenters. The van der Waals surface area contributed by atoms with Gasteiger partial charge in [0, 0.05) is 17.3 Å². The van der Waals surface area contributed by atoms with Gasteiger partial charge in [-0.25, -0.2) is 9.78 Å². The maximum atomic E-state index is 11.9. The lowest BCUT2D eigenvalue weighted by Crippen LogP contribution is -2.25. The second kappa shape index (κ2) is 4.63. The molecule has 0 fully saturated rings. The highest BCUT2D eigenvalue weighted by Crippen LogP contribution is 2.15. The van der Waals surface area contributed by atoms with E-state index in [9.17, 15) is 9.59 Å². The number of aromatic nitrogens is 2. The maximum Gasteiger partial charge on any atom is 0.347 e. The Labute approximate surface area is 103 Å². The molecule has 0 bridgehead atoms. The van der Waals surface area contributed by atoms with E-state index < -0.39 is 5.69 Å². The molecule has 17 heavy (non-hydrogen) atoms. The molecule has 4 nitrogen and oxygen atoms in total. The molecule has 0 N–H and O–H groups in total. The van der Waals surface area contributed by atoms with E-state index in [1.54, 1.807) is 12.3 Å². The Balaban J connectivity index is 2.24. The van der Waals surface area contributed by atoms with E-state index in [0.717, 1.165) is 10.4 Å². The summed E-state index contributed by atoms with van der Waals surface area (Å²) in [5.41, 5.74) is 0.469. The van der Waals surface area contributed by atoms with Crippen molar-refractivity contribution < 1.29 is 4.79 Å². The van der Waals surface area contributed by atoms with E-state index in [-0.39, 0.29) is 12.3 Å². The fraction of sp³-hybridized carbons (Fsp3) is 0.250. The monoisotopic (exact) mass is 248 g/mol. The van der Waals surface area contributed by atoms with Crippen molar-refractivity contribution in [2.75, 3.05) is 0 Å². The van der Waals surface area contributed by atoms with Gasteiger partial charge >= 0.3 is 5.69 Å². The molecule has 0 amide bonds. The molecule has 2 aromatic heterocycles. The van der Waals surface area contributed by atoms with Crippen molar-refractivity contribution in [2.45, 2.75) is 20.4 Å². The van der Waals surface area contributed by atoms with E-state index in [1.807, 2.05) is 19.9 Å². The largest absolute Gasteiger partial charge is 0.347 e. The fourth-order valence-corrected chi connectivity index (χ4v) is 2.29. The van der Waals surface area contributed by atoms with E-state index in [2.05, 4.69) is 4.98 Å². The highest BCUT2D eigenvalue weighted by atomic mass is 32.1. The van der Waals surface area contributed by atoms with Crippen molar-refractivity contribution in [2.24, 2.45) is 0 Å². The topological polar surface area (TPSA) is 52.0 Å². The summed E-state index contributed by atoms with van der Waals surface area (Å²) in [5.74, 6) is -0.0578. The van der Waals surface area contributed by atoms with Crippen LogP contribution in [0.4, 0.5) is 0 Å². The van der Waals surface area contributed by atoms with Crippen LogP contribution >= 0.6 is 11.3 Å². The van der Waals surface area contributed by atoms with Crippen molar-refractivity contribution in [3.63, 3.8) is 0 Å². The van der Waals surface area contributed by atoms with Gasteiger partial charge in [-0.3, -0.25) is 9.36 Å². The molecule has 88 valence electrons. The lowest BCUT2D eigenvalue weighted by atomic mass is 10.3. The Morgan fingerprint density at radius 1 is 1.41 bits per heavy atom. The van der Waals surface area contributed by atoms with Crippen LogP contribution in [0.2, 0.25) is 0 Å². The standard InChI is InChI=1S/C12H12N2O2S/c1-8-5-13-12(16)14(6-8)7-10(15)11-4-3-9(2)17-11/h3-6H,7H2,1-2H3. The van der Waals surface area contributed by atoms with Gasteiger partial charge in [0.15, 0.2) is 5.78 Å². The van der Waals surface area contributed by atoms with Crippen LogP contribution in [0.25, 0.3) is 0 Å². The summed E-state index contributed by atoms with van der Waals surface area (Å²) in [6.07, 6.45) is 3.15. The number of nitrogens with zero attached hydrogens (tertiary/aromatic N) is 2. The second-order valence-corrected chi connectivity index (χ2v) is 5.16. The van der Waals surface area contributed by atoms with Crippen LogP contribution in [-0.2, 0) is 6.54 Å². The van der Waals surface area contributed by atoms with E-state index in [0.29, 0.717) is 4.88 Å². The van der Waals surface area contributed by atoms with Crippen molar-refractivity contribution in [3.05, 3.63) is 50.3 Å². The van der Waals surface area contributed by atoms with Gasteiger partial charge in [-0.05, 0) is 31.5 Å². The van der Waals surface area contributed by atoms with Gasteiger partial charge in [0.2, 0.25) is 0 Å². The Bertz CT molecular complexity index is 613. The molecule has 0 aliphatic heterocycles. The molecular weight excluding hydrogens is 236 g/mol. The van der Waals surface area contributed by atoms with Gasteiger partial charge in [0.1, 0.15) is 0 Å². The number of hydrogen-bond donors (Lipinski definition) is 0. The van der Waals surface area contributed by atoms with Gasteiger partial charge in [0.05, 0.1) is 11.4 Å². The lowest BCUT2D eigenvalue weighted by Gasteiger charge is -2.03. The normalized spacial score (nSPS) is 10.5. The average Bonchev–Trinajstić information content (AvgIpc) is 2.70. The van der Waals surface area contributed by atoms with E-state index in [4.69, 9.17) is 0 Å². The second-order valence-electron chi connectivity index (χ2n) is 3.88. The van der Waals surface area contributed by atoms with Crippen molar-refractivity contribution in [1.29, 1.82) is 0 Å². The lowest BCUT2D eigenvalue weighted by molar-refractivity contribution is 0.0974. The third-order valence-corrected chi connectivity index (χ3v) is 3.35. The molecule has 2 aromatic rings. The highest BCUT2D eigenvalue weighted by Gasteiger charge is 2.10. The Kier molecular flexibility index (Phi) is 3.19. The van der Waals surface area contributed by atoms with Crippen LogP contribution in [0, 0.1) is 13.8 Å². The zero-order chi connectivity index (χ0) is 12.4. The van der Waals surface area contributed by atoms with Gasteiger partial charge in [-0.2, -0.15) is 0 Å². The van der Waals surface area contributed by atoms with Crippen LogP contribution in [0.15, 0.2) is 29.3 Å². The van der Waals surface area contributed by atoms with Crippen molar-refractivity contribution in [1.82, 2.24) is 9.55 Å². The molecule has 5 heteroatoms. The first-order chi connectivity index (χ1) is 8.06. The first kappa shape index (κ1) is 11.7. The number of thiophene rings is 1. The third kappa shape index (κ3) is 2.68. The Hall–Kier alpha value is -1.75. The van der Waals surface area contributed by atoms with Gasteiger partial charge in [-0.1, -0.05) is 0 Å². The van der Waals surface area contributed by atoms with Crippen LogP contribution < -0.4 is 5.69 Å². The summed E-state index contributed by atoms with van der Waals surface area (Å²) in [6, 6.07) is 3.69. The van der Waals surface area contributed by atoms with Crippen molar-refractivity contribution >= 4 is 17.1 Å². The van der Waals surface area contributed by atoms with Gasteiger partial charge in [-0.15, -0.1) is 11.3 Å². The van der Waals surface area contributed by atoms with Gasteiger partial charge < -0.3 is 0 Å². The number of aryl methyl sites for hydroxylation is 2. The molecule has 0 aliphatic rings. The number of carbonyl (C=O) groups is 1. The first-order valence-electron chi connectivity index (χ1n) is 5.19. The minimum Gasteiger partial charge on any atom is -0.291 e. The molecule has 0 aromatic carbocycles. The molecule has 0 saturated heterocycles. The predicted octanol–water partition coefficient (Wildman–Crippen LogP) is 1.80. The third-order valence-electron chi connectivity index (χ3n) is 2.31. The zero-order valence-electron chi connectivity index (χ0n) is 9.64. The highest BCUT2D eigenvalue weighted by molar-refractivity contribution is 7.14. The zero-order valence-corrected chi connectivity index (χ0v) is 10.5. The fourth-order valence-electron chi connectivity index (χ4n) is 1.50. The summed E-state index contributed by atoms with van der Waals surface area (Å²) in [5, 5.41) is 0. The van der Waals surface area contributed by atoms with Gasteiger partial charge in [0.25, 0.3) is 0 Å². The molecule has 0 unspecified atom stereocenters. The molecule has 0 spiro atoms. The average molecular weight is 248 g/mol. The number of ketones is 1. The summed E-state index contributed by atoms with van der Waals surface area (Å²) in [6.45, 7) is 3.83. The molecule has 2 heterocycles. The van der Waals surface area contributed by atoms with Crippen LogP contribution in [-0.4, -0.2) is 15.3 Å². The Morgan fingerprint density at radius 2 is 2.18 bits per heavy atom. The number of rotatable bonds is 3. The van der Waals surface area contributed by atoms with Crippen LogP contribution in [0.1, 0.15) is 20.1 Å². The van der Waals surface area contributed by atoms with E-state index >= 15 is 0 Å². The molecular formula is C12H12N2O2S. The smallest absolute Gasteiger partial charge is 0.291 e. The van der Waals surface area contributed by atoms with Crippen LogP contribution in [0.3, 0.4) is 0 Å². The maximum absolute atomic E-state index is 11.9. The molecule has 0 aliphatic carbocycles. The van der Waals surface area contributed by atoms with Crippen molar-refractivity contribution in [3.8, 4) is 0 Å². The number of hydrogen-bond acceptors (Lipinski definition) is 4. The first-order valence-corrected chi connectivity index (χ1v) is 6.00. The number of carbonyl (C=O) groups excluding carboxylic acids is 1. The summed E-state index contributed by atoms with van der Waals surface area (Å²) in [7, 11) is 0. The summed E-state index contributed by atoms with van der Waals surface area (Å²) in [4.78, 5) is 28.8. The van der Waals surface area contributed by atoms with E-state index in [1.165, 1.54) is 22.1 Å². The summed E-state index contributed by atoms with van der Waals surface area (Å²) < 4.78 is 1.34. The minimum atomic E-state index is -0.391. The summed E-state index contributed by atoms with van der Waals surface area (Å²) >= 11 is 1.44.